The predicted octanol–water partition coefficient (Wildman–Crippen LogP) is 1.63. The number of pyridine rings is 1. The normalized spacial score (nSPS) is 10.8. The molecule has 1 amide bonds. The van der Waals surface area contributed by atoms with Crippen LogP contribution < -0.4 is 5.73 Å². The van der Waals surface area contributed by atoms with Gasteiger partial charge in [-0.15, -0.1) is 0 Å². The summed E-state index contributed by atoms with van der Waals surface area (Å²) in [4.78, 5) is 24.3. The standard InChI is InChI=1S/C9H12N2O.C4H8O2/c1-7(6-9(10)12)8-2-4-11-5-3-8;1-3-6-4(2)5/h2-5,7H,6H2,1H3,(H2,10,12);3H2,1-2H3. The number of nitrogens with zero attached hydrogens (tertiary/aromatic N) is 1. The molecule has 0 aliphatic rings. The van der Waals surface area contributed by atoms with Crippen LogP contribution in [-0.4, -0.2) is 23.5 Å². The van der Waals surface area contributed by atoms with E-state index in [0.29, 0.717) is 13.0 Å². The molecule has 0 saturated heterocycles. The molecule has 0 bridgehead atoms. The Morgan fingerprint density at radius 1 is 1.39 bits per heavy atom. The Hall–Kier alpha value is -1.91. The second kappa shape index (κ2) is 9.15. The van der Waals surface area contributed by atoms with E-state index < -0.39 is 0 Å². The smallest absolute Gasteiger partial charge is 0.302 e. The molecule has 2 N–H and O–H groups in total. The minimum Gasteiger partial charge on any atom is -0.466 e. The van der Waals surface area contributed by atoms with Gasteiger partial charge < -0.3 is 10.5 Å². The lowest BCUT2D eigenvalue weighted by atomic mass is 9.99. The van der Waals surface area contributed by atoms with Gasteiger partial charge in [0, 0.05) is 25.7 Å². The summed E-state index contributed by atoms with van der Waals surface area (Å²) in [5.74, 6) is -0.290. The second-order valence-corrected chi connectivity index (χ2v) is 3.78. The maximum atomic E-state index is 10.6. The molecule has 0 spiro atoms. The first-order valence-electron chi connectivity index (χ1n) is 5.79. The third-order valence-electron chi connectivity index (χ3n) is 2.13. The van der Waals surface area contributed by atoms with Crippen LogP contribution in [0.25, 0.3) is 0 Å². The van der Waals surface area contributed by atoms with Gasteiger partial charge in [0.05, 0.1) is 6.61 Å². The van der Waals surface area contributed by atoms with E-state index in [-0.39, 0.29) is 17.8 Å². The first-order valence-corrected chi connectivity index (χ1v) is 5.79. The van der Waals surface area contributed by atoms with Crippen LogP contribution in [0, 0.1) is 0 Å². The number of amides is 1. The lowest BCUT2D eigenvalue weighted by Crippen LogP contribution is -2.13. The van der Waals surface area contributed by atoms with Crippen molar-refractivity contribution >= 4 is 11.9 Å². The SMILES string of the molecule is CC(CC(N)=O)c1ccncc1.CCOC(C)=O. The lowest BCUT2D eigenvalue weighted by molar-refractivity contribution is -0.140. The highest BCUT2D eigenvalue weighted by Crippen LogP contribution is 2.16. The summed E-state index contributed by atoms with van der Waals surface area (Å²) in [6, 6.07) is 3.79. The van der Waals surface area contributed by atoms with Crippen molar-refractivity contribution in [3.05, 3.63) is 30.1 Å². The zero-order chi connectivity index (χ0) is 14.0. The van der Waals surface area contributed by atoms with Gasteiger partial charge in [-0.05, 0) is 30.5 Å². The van der Waals surface area contributed by atoms with Crippen molar-refractivity contribution in [3.8, 4) is 0 Å². The van der Waals surface area contributed by atoms with Crippen molar-refractivity contribution in [1.29, 1.82) is 0 Å². The van der Waals surface area contributed by atoms with Gasteiger partial charge in [-0.3, -0.25) is 14.6 Å². The topological polar surface area (TPSA) is 82.3 Å². The molecular weight excluding hydrogens is 232 g/mol. The fourth-order valence-electron chi connectivity index (χ4n) is 1.31. The van der Waals surface area contributed by atoms with Gasteiger partial charge in [0.15, 0.2) is 0 Å². The molecule has 5 heteroatoms. The number of ether oxygens (including phenoxy) is 1. The van der Waals surface area contributed by atoms with Crippen LogP contribution in [0.3, 0.4) is 0 Å². The van der Waals surface area contributed by atoms with Crippen LogP contribution in [0.5, 0.6) is 0 Å². The minimum absolute atomic E-state index is 0.186. The Bertz CT molecular complexity index is 366. The van der Waals surface area contributed by atoms with Crippen LogP contribution in [0.1, 0.15) is 38.7 Å². The number of carbonyl (C=O) groups excluding carboxylic acids is 2. The molecule has 0 aromatic carbocycles. The number of esters is 1. The molecule has 0 fully saturated rings. The summed E-state index contributed by atoms with van der Waals surface area (Å²) in [6.07, 6.45) is 3.82. The molecule has 0 radical (unpaired) electrons. The number of nitrogens with two attached hydrogens (primary N) is 1. The Morgan fingerprint density at radius 3 is 2.28 bits per heavy atom. The fourth-order valence-corrected chi connectivity index (χ4v) is 1.31. The Balaban J connectivity index is 0.000000411. The fraction of sp³-hybridized carbons (Fsp3) is 0.462. The van der Waals surface area contributed by atoms with Gasteiger partial charge in [0.1, 0.15) is 0 Å². The quantitative estimate of drug-likeness (QED) is 0.826. The van der Waals surface area contributed by atoms with E-state index in [4.69, 9.17) is 5.73 Å². The maximum Gasteiger partial charge on any atom is 0.302 e. The van der Waals surface area contributed by atoms with Crippen LogP contribution in [0.2, 0.25) is 0 Å². The van der Waals surface area contributed by atoms with Gasteiger partial charge in [-0.1, -0.05) is 6.92 Å². The predicted molar refractivity (Wildman–Crippen MR) is 68.8 cm³/mol. The first-order chi connectivity index (χ1) is 8.47. The number of aromatic nitrogens is 1. The number of hydrogen-bond donors (Lipinski definition) is 1. The summed E-state index contributed by atoms with van der Waals surface area (Å²) in [5, 5.41) is 0. The van der Waals surface area contributed by atoms with Crippen molar-refractivity contribution in [2.45, 2.75) is 33.1 Å². The minimum atomic E-state index is -0.265. The Kier molecular flexibility index (Phi) is 8.18. The molecule has 1 aromatic rings. The molecule has 5 nitrogen and oxygen atoms in total. The number of carbonyl (C=O) groups is 2. The van der Waals surface area contributed by atoms with E-state index in [9.17, 15) is 9.59 Å². The lowest BCUT2D eigenvalue weighted by Gasteiger charge is -2.07. The van der Waals surface area contributed by atoms with Gasteiger partial charge in [-0.25, -0.2) is 0 Å². The van der Waals surface area contributed by atoms with Crippen LogP contribution in [0.4, 0.5) is 0 Å². The molecule has 1 rings (SSSR count). The highest BCUT2D eigenvalue weighted by atomic mass is 16.5. The van der Waals surface area contributed by atoms with E-state index in [1.165, 1.54) is 6.92 Å². The first kappa shape index (κ1) is 16.1. The summed E-state index contributed by atoms with van der Waals surface area (Å²) >= 11 is 0. The van der Waals surface area contributed by atoms with Crippen molar-refractivity contribution in [2.24, 2.45) is 5.73 Å². The molecule has 0 aliphatic carbocycles. The van der Waals surface area contributed by atoms with Gasteiger partial charge in [-0.2, -0.15) is 0 Å². The zero-order valence-electron chi connectivity index (χ0n) is 11.1. The molecule has 0 aliphatic heterocycles. The molecule has 1 unspecified atom stereocenters. The molecular formula is C13H20N2O3. The highest BCUT2D eigenvalue weighted by Gasteiger charge is 2.07. The summed E-state index contributed by atoms with van der Waals surface area (Å²) < 4.78 is 4.40. The summed E-state index contributed by atoms with van der Waals surface area (Å²) in [7, 11) is 0. The van der Waals surface area contributed by atoms with Gasteiger partial charge in [0.25, 0.3) is 0 Å². The molecule has 18 heavy (non-hydrogen) atoms. The average molecular weight is 252 g/mol. The van der Waals surface area contributed by atoms with E-state index >= 15 is 0 Å². The van der Waals surface area contributed by atoms with E-state index in [0.717, 1.165) is 5.56 Å². The molecule has 1 heterocycles. The second-order valence-electron chi connectivity index (χ2n) is 3.78. The zero-order valence-corrected chi connectivity index (χ0v) is 11.1. The number of primary amides is 1. The van der Waals surface area contributed by atoms with Crippen molar-refractivity contribution in [1.82, 2.24) is 4.98 Å². The molecule has 0 saturated carbocycles. The third-order valence-corrected chi connectivity index (χ3v) is 2.13. The van der Waals surface area contributed by atoms with Crippen LogP contribution >= 0.6 is 0 Å². The van der Waals surface area contributed by atoms with Gasteiger partial charge >= 0.3 is 5.97 Å². The largest absolute Gasteiger partial charge is 0.466 e. The maximum absolute atomic E-state index is 10.6. The average Bonchev–Trinajstić information content (AvgIpc) is 2.30. The third kappa shape index (κ3) is 8.27. The van der Waals surface area contributed by atoms with Gasteiger partial charge in [0.2, 0.25) is 5.91 Å². The molecule has 1 atom stereocenters. The Morgan fingerprint density at radius 2 is 1.94 bits per heavy atom. The number of rotatable bonds is 4. The molecule has 100 valence electrons. The van der Waals surface area contributed by atoms with Crippen LogP contribution in [-0.2, 0) is 14.3 Å². The summed E-state index contributed by atoms with van der Waals surface area (Å²) in [5.41, 5.74) is 6.18. The van der Waals surface area contributed by atoms with E-state index in [1.54, 1.807) is 19.3 Å². The van der Waals surface area contributed by atoms with Crippen molar-refractivity contribution in [3.63, 3.8) is 0 Å². The van der Waals surface area contributed by atoms with E-state index in [1.807, 2.05) is 19.1 Å². The Labute approximate surface area is 107 Å². The molecule has 1 aromatic heterocycles. The highest BCUT2D eigenvalue weighted by molar-refractivity contribution is 5.74. The monoisotopic (exact) mass is 252 g/mol. The van der Waals surface area contributed by atoms with E-state index in [2.05, 4.69) is 9.72 Å². The van der Waals surface area contributed by atoms with Crippen molar-refractivity contribution in [2.75, 3.05) is 6.61 Å². The van der Waals surface area contributed by atoms with Crippen LogP contribution in [0.15, 0.2) is 24.5 Å². The number of hydrogen-bond acceptors (Lipinski definition) is 4. The summed E-state index contributed by atoms with van der Waals surface area (Å²) in [6.45, 7) is 5.63. The van der Waals surface area contributed by atoms with Crippen molar-refractivity contribution < 1.29 is 14.3 Å².